The van der Waals surface area contributed by atoms with Crippen molar-refractivity contribution >= 4 is 23.8 Å². The Labute approximate surface area is 536 Å². The van der Waals surface area contributed by atoms with Gasteiger partial charge in [0, 0.05) is 131 Å². The van der Waals surface area contributed by atoms with Crippen LogP contribution in [0.3, 0.4) is 0 Å². The molecular formula is C62H136N20O7. The molecule has 0 radical (unpaired) electrons. The van der Waals surface area contributed by atoms with Gasteiger partial charge in [0.05, 0.1) is 24.9 Å². The summed E-state index contributed by atoms with van der Waals surface area (Å²) in [5.41, 5.74) is 77.6. The van der Waals surface area contributed by atoms with Crippen LogP contribution in [0.1, 0.15) is 205 Å². The Morgan fingerprint density at radius 1 is 0.382 bits per heavy atom. The fourth-order valence-corrected chi connectivity index (χ4v) is 11.0. The van der Waals surface area contributed by atoms with Crippen LogP contribution in [0.5, 0.6) is 0 Å². The second-order valence-electron chi connectivity index (χ2n) is 26.3. The van der Waals surface area contributed by atoms with Crippen LogP contribution in [-0.4, -0.2) is 202 Å². The van der Waals surface area contributed by atoms with Crippen molar-refractivity contribution in [3.05, 3.63) is 0 Å². The van der Waals surface area contributed by atoms with E-state index in [9.17, 15) is 19.2 Å². The third kappa shape index (κ3) is 50.2. The first kappa shape index (κ1) is 84.0. The van der Waals surface area contributed by atoms with Crippen LogP contribution in [0.2, 0.25) is 0 Å². The highest BCUT2D eigenvalue weighted by atomic mass is 16.5. The lowest BCUT2D eigenvalue weighted by atomic mass is 9.92. The van der Waals surface area contributed by atoms with E-state index in [1.165, 1.54) is 32.1 Å². The van der Waals surface area contributed by atoms with Crippen molar-refractivity contribution in [2.45, 2.75) is 296 Å². The Morgan fingerprint density at radius 3 is 1.25 bits per heavy atom. The molecular weight excluding hydrogens is 1140 g/mol. The van der Waals surface area contributed by atoms with Gasteiger partial charge in [-0.3, -0.25) is 14.4 Å². The molecule has 0 aromatic heterocycles. The number of primary amides is 1. The number of rotatable bonds is 0. The molecule has 0 aromatic rings. The summed E-state index contributed by atoms with van der Waals surface area (Å²) in [7, 11) is 0. The third-order valence-corrected chi connectivity index (χ3v) is 17.2. The molecule has 5 amide bonds. The number of urea groups is 1. The summed E-state index contributed by atoms with van der Waals surface area (Å²) in [5, 5.41) is 32.6. The van der Waals surface area contributed by atoms with E-state index >= 15 is 0 Å². The standard InChI is InChI=1S/C6H13N3O.2C6H12N2O.2C6H14N2.2C6H13NO.C5H10N2O.2C5H12N2.C5H11NO/c7-5-1-3-9(4-2-5)6(8)10;7-5-1-2-6(9)8-4-3-5;7-5-3-1-2-4-8-6(5)9;7-5-1-2-6(8)4-3-5;7-5-2-1-3-6(8)4-5;7-5-1-3-6(8)4-2-5;7-5-2-1-3-6(8)4-5;6-4-1-2-5(8)7-3-4;6-5-1-3-7-4-2-5;2*6-5-2-1-3-7-4-5/h5H,1-4,7H2,(H2,8,10);2*5H,1-4,7H2,(H,8,9);2*5-6H,1-4,7-8H2;2*5-6,8H,1-4,7H2;4H,1-3,6H2,(H,7,8);2*5,7H,1-4,6H2;5H,1-4,6H2. The monoisotopic (exact) mass is 1270 g/mol. The molecule has 0 aromatic carbocycles. The lowest BCUT2D eigenvalue weighted by Crippen LogP contribution is -2.45. The molecule has 89 heavy (non-hydrogen) atoms. The Bertz CT molecular complexity index is 1590. The molecule has 11 rings (SSSR count). The zero-order valence-corrected chi connectivity index (χ0v) is 55.0. The Morgan fingerprint density at radius 2 is 0.854 bits per heavy atom. The molecule has 9 atom stereocenters. The predicted octanol–water partition coefficient (Wildman–Crippen LogP) is -1.61. The number of nitrogens with two attached hydrogens (primary N) is 14. The quantitative estimate of drug-likeness (QED) is 0.130. The van der Waals surface area contributed by atoms with E-state index in [0.717, 1.165) is 226 Å². The number of nitrogens with zero attached hydrogens (tertiary/aromatic N) is 1. The summed E-state index contributed by atoms with van der Waals surface area (Å²) < 4.78 is 5.06. The highest BCUT2D eigenvalue weighted by molar-refractivity contribution is 5.81. The first-order valence-electron chi connectivity index (χ1n) is 34.4. The molecule has 35 N–H and O–H groups in total. The van der Waals surface area contributed by atoms with Crippen LogP contribution in [0.4, 0.5) is 4.79 Å². The van der Waals surface area contributed by atoms with Crippen molar-refractivity contribution in [1.29, 1.82) is 0 Å². The van der Waals surface area contributed by atoms with Crippen LogP contribution >= 0.6 is 0 Å². The van der Waals surface area contributed by atoms with E-state index < -0.39 is 0 Å². The van der Waals surface area contributed by atoms with E-state index in [1.54, 1.807) is 4.90 Å². The molecule has 7 heterocycles. The number of aliphatic hydroxyl groups excluding tert-OH is 2. The van der Waals surface area contributed by atoms with Crippen LogP contribution in [0.15, 0.2) is 0 Å². The van der Waals surface area contributed by atoms with Crippen molar-refractivity contribution in [1.82, 2.24) is 31.5 Å². The lowest BCUT2D eigenvalue weighted by molar-refractivity contribution is -0.123. The van der Waals surface area contributed by atoms with Gasteiger partial charge in [-0.1, -0.05) is 6.42 Å². The SMILES string of the molecule is NC(=O)N1CCC(N)CC1.NC1CCC(=O)NC1.NC1CCC(N)CC1.NC1CCC(O)CC1.NC1CCCC(N)C1.NC1CCCC(O)C1.NC1CCCCNC1=O.NC1CCCNC1.NC1CCCOC1.NC1CCNC(=O)CC1.NC1CCNCC1. The molecule has 27 heteroatoms. The summed E-state index contributed by atoms with van der Waals surface area (Å²) in [6.07, 6.45) is 32.3. The molecule has 7 saturated heterocycles. The minimum atomic E-state index is -0.327. The van der Waals surface area contributed by atoms with Crippen molar-refractivity contribution in [2.24, 2.45) is 80.3 Å². The molecule has 4 aliphatic carbocycles. The van der Waals surface area contributed by atoms with Gasteiger partial charge in [-0.05, 0) is 206 Å². The summed E-state index contributed by atoms with van der Waals surface area (Å²) in [6.45, 7) is 9.71. The van der Waals surface area contributed by atoms with Crippen LogP contribution in [0, 0.1) is 0 Å². The number of carbonyl (C=O) groups excluding carboxylic acids is 4. The van der Waals surface area contributed by atoms with E-state index in [4.69, 9.17) is 95.2 Å². The molecule has 7 aliphatic heterocycles. The van der Waals surface area contributed by atoms with Crippen LogP contribution in [-0.2, 0) is 19.1 Å². The van der Waals surface area contributed by atoms with Crippen LogP contribution in [0.25, 0.3) is 0 Å². The Hall–Kier alpha value is -3.04. The van der Waals surface area contributed by atoms with Crippen molar-refractivity contribution in [3.63, 3.8) is 0 Å². The van der Waals surface area contributed by atoms with Gasteiger partial charge in [0.25, 0.3) is 0 Å². The molecule has 27 nitrogen and oxygen atoms in total. The number of carbonyl (C=O) groups is 4. The minimum absolute atomic E-state index is 0.00694. The number of hydrogen-bond acceptors (Lipinski definition) is 22. The Kier molecular flexibility index (Phi) is 50.3. The minimum Gasteiger partial charge on any atom is -0.393 e. The van der Waals surface area contributed by atoms with E-state index in [1.807, 2.05) is 0 Å². The maximum absolute atomic E-state index is 10.8. The summed E-state index contributed by atoms with van der Waals surface area (Å²) in [6, 6.07) is 3.58. The zero-order valence-electron chi connectivity index (χ0n) is 55.0. The van der Waals surface area contributed by atoms with Gasteiger partial charge >= 0.3 is 6.03 Å². The normalized spacial score (nSPS) is 32.4. The fraction of sp³-hybridized carbons (Fsp3) is 0.935. The fourth-order valence-electron chi connectivity index (χ4n) is 11.0. The first-order valence-corrected chi connectivity index (χ1v) is 34.4. The number of nitrogens with one attached hydrogen (secondary N) is 5. The number of hydrogen-bond donors (Lipinski definition) is 21. The van der Waals surface area contributed by atoms with Gasteiger partial charge < -0.3 is 127 Å². The first-order chi connectivity index (χ1) is 42.4. The number of ether oxygens (including phenoxy) is 1. The number of likely N-dealkylation sites (tertiary alicyclic amines) is 1. The van der Waals surface area contributed by atoms with Gasteiger partial charge in [-0.25, -0.2) is 4.79 Å². The maximum Gasteiger partial charge on any atom is 0.314 e. The summed E-state index contributed by atoms with van der Waals surface area (Å²) in [4.78, 5) is 44.1. The second-order valence-corrected chi connectivity index (χ2v) is 26.3. The van der Waals surface area contributed by atoms with E-state index in [-0.39, 0.29) is 66.2 Å². The second kappa shape index (κ2) is 53.3. The third-order valence-electron chi connectivity index (χ3n) is 17.2. The van der Waals surface area contributed by atoms with E-state index in [0.29, 0.717) is 67.7 Å². The lowest BCUT2D eigenvalue weighted by Gasteiger charge is -2.28. The van der Waals surface area contributed by atoms with Crippen molar-refractivity contribution in [2.75, 3.05) is 72.1 Å². The van der Waals surface area contributed by atoms with Gasteiger partial charge in [0.2, 0.25) is 17.7 Å². The van der Waals surface area contributed by atoms with Crippen LogP contribution < -0.4 is 107 Å². The van der Waals surface area contributed by atoms with Gasteiger partial charge in [0.15, 0.2) is 0 Å². The van der Waals surface area contributed by atoms with Gasteiger partial charge in [-0.15, -0.1) is 0 Å². The molecule has 0 bridgehead atoms. The topological polar surface area (TPSA) is 546 Å². The molecule has 526 valence electrons. The average molecular weight is 1270 g/mol. The number of aliphatic hydroxyl groups is 2. The molecule has 11 aliphatic rings. The van der Waals surface area contributed by atoms with E-state index in [2.05, 4.69) is 26.6 Å². The number of piperidine rings is 4. The Balaban J connectivity index is 0.000000490. The smallest absolute Gasteiger partial charge is 0.314 e. The van der Waals surface area contributed by atoms with Crippen molar-refractivity contribution < 1.29 is 34.1 Å². The molecule has 4 saturated carbocycles. The average Bonchev–Trinajstić information content (AvgIpc) is 3.88. The highest BCUT2D eigenvalue weighted by Crippen LogP contribution is 2.18. The predicted molar refractivity (Wildman–Crippen MR) is 360 cm³/mol. The summed E-state index contributed by atoms with van der Waals surface area (Å²) >= 11 is 0. The molecule has 9 unspecified atom stereocenters. The maximum atomic E-state index is 10.8. The van der Waals surface area contributed by atoms with Crippen molar-refractivity contribution in [3.8, 4) is 0 Å². The molecule has 11 fully saturated rings. The van der Waals surface area contributed by atoms with Gasteiger partial charge in [0.1, 0.15) is 0 Å². The largest absolute Gasteiger partial charge is 0.393 e. The number of amides is 5. The molecule has 0 spiro atoms. The zero-order chi connectivity index (χ0) is 66.2. The van der Waals surface area contributed by atoms with Gasteiger partial charge in [-0.2, -0.15) is 0 Å². The highest BCUT2D eigenvalue weighted by Gasteiger charge is 2.21. The summed E-state index contributed by atoms with van der Waals surface area (Å²) in [5.74, 6) is 0.280.